The predicted molar refractivity (Wildman–Crippen MR) is 70.6 cm³/mol. The van der Waals surface area contributed by atoms with Crippen LogP contribution in [0.4, 0.5) is 0 Å². The minimum absolute atomic E-state index is 0.372. The van der Waals surface area contributed by atoms with Crippen LogP contribution in [0.3, 0.4) is 0 Å². The molecule has 3 nitrogen and oxygen atoms in total. The first-order chi connectivity index (χ1) is 8.22. The Labute approximate surface area is 104 Å². The number of nitrogens with two attached hydrogens (primary N) is 1. The van der Waals surface area contributed by atoms with Gasteiger partial charge in [-0.1, -0.05) is 13.0 Å². The SMILES string of the molecule is CC1CCN(C(C)c2ccccn2)C(CN)C1. The van der Waals surface area contributed by atoms with Crippen LogP contribution in [0.15, 0.2) is 24.4 Å². The van der Waals surface area contributed by atoms with Crippen molar-refractivity contribution in [2.24, 2.45) is 11.7 Å². The van der Waals surface area contributed by atoms with E-state index in [9.17, 15) is 0 Å². The maximum absolute atomic E-state index is 5.91. The number of rotatable bonds is 3. The Morgan fingerprint density at radius 1 is 1.53 bits per heavy atom. The largest absolute Gasteiger partial charge is 0.329 e. The van der Waals surface area contributed by atoms with E-state index in [1.807, 2.05) is 12.3 Å². The van der Waals surface area contributed by atoms with Crippen molar-refractivity contribution in [1.82, 2.24) is 9.88 Å². The standard InChI is InChI=1S/C14H23N3/c1-11-6-8-17(13(9-11)10-15)12(2)14-5-3-4-7-16-14/h3-5,7,11-13H,6,8-10,15H2,1-2H3. The van der Waals surface area contributed by atoms with Gasteiger partial charge >= 0.3 is 0 Å². The topological polar surface area (TPSA) is 42.2 Å². The summed E-state index contributed by atoms with van der Waals surface area (Å²) in [4.78, 5) is 6.98. The molecule has 1 aliphatic rings. The average molecular weight is 233 g/mol. The van der Waals surface area contributed by atoms with E-state index in [0.717, 1.165) is 24.7 Å². The van der Waals surface area contributed by atoms with E-state index >= 15 is 0 Å². The summed E-state index contributed by atoms with van der Waals surface area (Å²) in [5, 5.41) is 0. The van der Waals surface area contributed by atoms with Crippen molar-refractivity contribution in [2.75, 3.05) is 13.1 Å². The molecule has 0 spiro atoms. The maximum atomic E-state index is 5.91. The minimum Gasteiger partial charge on any atom is -0.329 e. The summed E-state index contributed by atoms with van der Waals surface area (Å²) in [6.45, 7) is 6.45. The lowest BCUT2D eigenvalue weighted by molar-refractivity contribution is 0.0816. The van der Waals surface area contributed by atoms with Gasteiger partial charge in [-0.15, -0.1) is 0 Å². The minimum atomic E-state index is 0.372. The highest BCUT2D eigenvalue weighted by molar-refractivity contribution is 5.09. The van der Waals surface area contributed by atoms with Crippen molar-refractivity contribution in [1.29, 1.82) is 0 Å². The Hall–Kier alpha value is -0.930. The summed E-state index contributed by atoms with van der Waals surface area (Å²) in [5.41, 5.74) is 7.06. The molecule has 1 fully saturated rings. The molecule has 0 aliphatic carbocycles. The lowest BCUT2D eigenvalue weighted by atomic mass is 9.91. The third-order valence-electron chi connectivity index (χ3n) is 3.91. The summed E-state index contributed by atoms with van der Waals surface area (Å²) < 4.78 is 0. The van der Waals surface area contributed by atoms with Gasteiger partial charge in [0.1, 0.15) is 0 Å². The molecule has 17 heavy (non-hydrogen) atoms. The predicted octanol–water partition coefficient (Wildman–Crippen LogP) is 2.20. The first kappa shape index (κ1) is 12.5. The lowest BCUT2D eigenvalue weighted by Gasteiger charge is -2.41. The van der Waals surface area contributed by atoms with Gasteiger partial charge in [0.25, 0.3) is 0 Å². The van der Waals surface area contributed by atoms with Gasteiger partial charge in [0.2, 0.25) is 0 Å². The van der Waals surface area contributed by atoms with E-state index in [4.69, 9.17) is 5.73 Å². The average Bonchev–Trinajstić information content (AvgIpc) is 2.39. The molecule has 0 aromatic carbocycles. The first-order valence-corrected chi connectivity index (χ1v) is 6.59. The highest BCUT2D eigenvalue weighted by Gasteiger charge is 2.29. The lowest BCUT2D eigenvalue weighted by Crippen LogP contribution is -2.47. The van der Waals surface area contributed by atoms with Crippen LogP contribution in [0.5, 0.6) is 0 Å². The highest BCUT2D eigenvalue weighted by atomic mass is 15.2. The summed E-state index contributed by atoms with van der Waals surface area (Å²) in [7, 11) is 0. The van der Waals surface area contributed by atoms with Crippen molar-refractivity contribution in [3.05, 3.63) is 30.1 Å². The molecule has 2 N–H and O–H groups in total. The molecule has 2 rings (SSSR count). The fourth-order valence-electron chi connectivity index (χ4n) is 2.80. The van der Waals surface area contributed by atoms with E-state index in [0.29, 0.717) is 12.1 Å². The van der Waals surface area contributed by atoms with Gasteiger partial charge in [0.15, 0.2) is 0 Å². The number of hydrogen-bond acceptors (Lipinski definition) is 3. The van der Waals surface area contributed by atoms with Crippen LogP contribution in [0.1, 0.15) is 38.4 Å². The van der Waals surface area contributed by atoms with Crippen molar-refractivity contribution in [3.8, 4) is 0 Å². The molecule has 1 aromatic heterocycles. The summed E-state index contributed by atoms with van der Waals surface area (Å²) in [6.07, 6.45) is 4.36. The Morgan fingerprint density at radius 3 is 3.00 bits per heavy atom. The molecule has 3 atom stereocenters. The fourth-order valence-corrected chi connectivity index (χ4v) is 2.80. The zero-order valence-electron chi connectivity index (χ0n) is 10.8. The summed E-state index contributed by atoms with van der Waals surface area (Å²) in [5.74, 6) is 0.802. The number of piperidine rings is 1. The number of hydrogen-bond donors (Lipinski definition) is 1. The molecule has 1 aliphatic heterocycles. The molecule has 0 amide bonds. The van der Waals surface area contributed by atoms with E-state index in [1.165, 1.54) is 12.8 Å². The smallest absolute Gasteiger partial charge is 0.0572 e. The van der Waals surface area contributed by atoms with Gasteiger partial charge in [-0.3, -0.25) is 9.88 Å². The molecule has 0 bridgehead atoms. The Balaban J connectivity index is 2.10. The Morgan fingerprint density at radius 2 is 2.35 bits per heavy atom. The van der Waals surface area contributed by atoms with E-state index < -0.39 is 0 Å². The molecule has 0 saturated carbocycles. The van der Waals surface area contributed by atoms with Gasteiger partial charge in [0, 0.05) is 24.8 Å². The zero-order chi connectivity index (χ0) is 12.3. The fraction of sp³-hybridized carbons (Fsp3) is 0.643. The van der Waals surface area contributed by atoms with Crippen molar-refractivity contribution in [3.63, 3.8) is 0 Å². The van der Waals surface area contributed by atoms with Gasteiger partial charge in [-0.05, 0) is 44.4 Å². The molecular formula is C14H23N3. The quantitative estimate of drug-likeness (QED) is 0.870. The van der Waals surface area contributed by atoms with E-state index in [1.54, 1.807) is 0 Å². The molecule has 0 radical (unpaired) electrons. The monoisotopic (exact) mass is 233 g/mol. The Bertz CT molecular complexity index is 339. The van der Waals surface area contributed by atoms with Crippen LogP contribution in [0, 0.1) is 5.92 Å². The van der Waals surface area contributed by atoms with Gasteiger partial charge in [-0.2, -0.15) is 0 Å². The summed E-state index contributed by atoms with van der Waals surface area (Å²) >= 11 is 0. The second-order valence-electron chi connectivity index (χ2n) is 5.19. The summed E-state index contributed by atoms with van der Waals surface area (Å²) in [6, 6.07) is 7.02. The zero-order valence-corrected chi connectivity index (χ0v) is 10.8. The molecule has 3 unspecified atom stereocenters. The molecular weight excluding hydrogens is 210 g/mol. The molecule has 94 valence electrons. The number of likely N-dealkylation sites (tertiary alicyclic amines) is 1. The van der Waals surface area contributed by atoms with Crippen LogP contribution in [0.25, 0.3) is 0 Å². The van der Waals surface area contributed by atoms with Gasteiger partial charge < -0.3 is 5.73 Å². The van der Waals surface area contributed by atoms with Gasteiger partial charge in [-0.25, -0.2) is 0 Å². The second kappa shape index (κ2) is 5.61. The van der Waals surface area contributed by atoms with Crippen LogP contribution in [-0.2, 0) is 0 Å². The van der Waals surface area contributed by atoms with Crippen molar-refractivity contribution >= 4 is 0 Å². The van der Waals surface area contributed by atoms with E-state index in [-0.39, 0.29) is 0 Å². The number of pyridine rings is 1. The van der Waals surface area contributed by atoms with E-state index in [2.05, 4.69) is 35.9 Å². The van der Waals surface area contributed by atoms with Crippen LogP contribution < -0.4 is 5.73 Å². The van der Waals surface area contributed by atoms with Gasteiger partial charge in [0.05, 0.1) is 5.69 Å². The second-order valence-corrected chi connectivity index (χ2v) is 5.19. The maximum Gasteiger partial charge on any atom is 0.0572 e. The molecule has 1 aromatic rings. The number of aromatic nitrogens is 1. The molecule has 3 heteroatoms. The van der Waals surface area contributed by atoms with Crippen LogP contribution >= 0.6 is 0 Å². The first-order valence-electron chi connectivity index (χ1n) is 6.59. The normalized spacial score (nSPS) is 27.9. The highest BCUT2D eigenvalue weighted by Crippen LogP contribution is 2.29. The van der Waals surface area contributed by atoms with Crippen LogP contribution in [0.2, 0.25) is 0 Å². The van der Waals surface area contributed by atoms with Crippen LogP contribution in [-0.4, -0.2) is 29.0 Å². The third kappa shape index (κ3) is 2.85. The molecule has 2 heterocycles. The van der Waals surface area contributed by atoms with Crippen molar-refractivity contribution in [2.45, 2.75) is 38.8 Å². The number of nitrogens with zero attached hydrogens (tertiary/aromatic N) is 2. The Kier molecular flexibility index (Phi) is 4.13. The third-order valence-corrected chi connectivity index (χ3v) is 3.91. The molecule has 1 saturated heterocycles. The van der Waals surface area contributed by atoms with Crippen molar-refractivity contribution < 1.29 is 0 Å².